The van der Waals surface area contributed by atoms with E-state index >= 15 is 0 Å². The fourth-order valence-corrected chi connectivity index (χ4v) is 3.97. The predicted molar refractivity (Wildman–Crippen MR) is 73.9 cm³/mol. The molecule has 2 N–H and O–H groups in total. The molecule has 0 bridgehead atoms. The van der Waals surface area contributed by atoms with E-state index in [1.165, 1.54) is 11.8 Å². The van der Waals surface area contributed by atoms with Crippen molar-refractivity contribution in [1.29, 1.82) is 0 Å². The fraction of sp³-hybridized carbons (Fsp3) is 0.500. The Bertz CT molecular complexity index is 512. The van der Waals surface area contributed by atoms with Crippen molar-refractivity contribution in [3.8, 4) is 0 Å². The summed E-state index contributed by atoms with van der Waals surface area (Å²) in [6, 6.07) is 3.34. The van der Waals surface area contributed by atoms with Crippen molar-refractivity contribution in [3.05, 3.63) is 29.8 Å². The van der Waals surface area contributed by atoms with E-state index in [9.17, 15) is 18.7 Å². The van der Waals surface area contributed by atoms with Crippen molar-refractivity contribution in [2.45, 2.75) is 41.4 Å². The third-order valence-corrected chi connectivity index (χ3v) is 5.08. The lowest BCUT2D eigenvalue weighted by Crippen LogP contribution is -2.53. The maximum Gasteiger partial charge on any atom is 0.323 e. The molecule has 1 aliphatic carbocycles. The number of hydrogen-bond donors (Lipinski definition) is 2. The maximum atomic E-state index is 13.6. The van der Waals surface area contributed by atoms with Gasteiger partial charge in [-0.3, -0.25) is 4.79 Å². The second-order valence-corrected chi connectivity index (χ2v) is 6.39. The van der Waals surface area contributed by atoms with Gasteiger partial charge in [0.25, 0.3) is 0 Å². The number of carbonyl (C=O) groups is 1. The van der Waals surface area contributed by atoms with E-state index in [2.05, 4.69) is 5.32 Å². The van der Waals surface area contributed by atoms with Gasteiger partial charge in [-0.2, -0.15) is 0 Å². The van der Waals surface area contributed by atoms with E-state index in [1.54, 1.807) is 7.05 Å². The van der Waals surface area contributed by atoms with Crippen LogP contribution in [0.4, 0.5) is 8.78 Å². The van der Waals surface area contributed by atoms with Gasteiger partial charge in [-0.15, -0.1) is 11.8 Å². The summed E-state index contributed by atoms with van der Waals surface area (Å²) in [7, 11) is 1.63. The van der Waals surface area contributed by atoms with Crippen LogP contribution in [0.2, 0.25) is 0 Å². The Morgan fingerprint density at radius 3 is 2.90 bits per heavy atom. The first-order valence-electron chi connectivity index (χ1n) is 6.51. The lowest BCUT2D eigenvalue weighted by molar-refractivity contribution is -0.146. The Hall–Kier alpha value is -1.14. The number of rotatable bonds is 4. The summed E-state index contributed by atoms with van der Waals surface area (Å²) >= 11 is 1.22. The number of carboxylic acids is 1. The van der Waals surface area contributed by atoms with Gasteiger partial charge in [0, 0.05) is 10.1 Å². The van der Waals surface area contributed by atoms with Crippen molar-refractivity contribution in [3.63, 3.8) is 0 Å². The molecule has 1 saturated carbocycles. The topological polar surface area (TPSA) is 49.3 Å². The summed E-state index contributed by atoms with van der Waals surface area (Å²) in [4.78, 5) is 11.7. The van der Waals surface area contributed by atoms with Gasteiger partial charge in [0.1, 0.15) is 17.2 Å². The Balaban J connectivity index is 2.13. The fourth-order valence-electron chi connectivity index (χ4n) is 2.60. The van der Waals surface area contributed by atoms with Crippen LogP contribution in [0.15, 0.2) is 23.1 Å². The number of carboxylic acid groups (broad SMARTS) is 1. The third kappa shape index (κ3) is 3.12. The minimum atomic E-state index is -0.959. The van der Waals surface area contributed by atoms with Gasteiger partial charge in [-0.25, -0.2) is 8.78 Å². The minimum Gasteiger partial charge on any atom is -0.480 e. The molecule has 2 unspecified atom stereocenters. The first-order chi connectivity index (χ1) is 9.47. The number of thioether (sulfide) groups is 1. The second-order valence-electron chi connectivity index (χ2n) is 5.05. The van der Waals surface area contributed by atoms with Crippen LogP contribution < -0.4 is 5.32 Å². The number of likely N-dealkylation sites (N-methyl/N-ethyl adjacent to an activating group) is 1. The van der Waals surface area contributed by atoms with E-state index in [4.69, 9.17) is 0 Å². The van der Waals surface area contributed by atoms with E-state index in [0.717, 1.165) is 31.0 Å². The zero-order valence-corrected chi connectivity index (χ0v) is 12.0. The van der Waals surface area contributed by atoms with Gasteiger partial charge in [-0.05, 0) is 50.9 Å². The molecule has 1 aromatic rings. The first-order valence-corrected chi connectivity index (χ1v) is 7.39. The molecule has 2 atom stereocenters. The quantitative estimate of drug-likeness (QED) is 0.897. The molecule has 2 rings (SSSR count). The molecule has 0 amide bonds. The summed E-state index contributed by atoms with van der Waals surface area (Å²) in [6.45, 7) is 0. The van der Waals surface area contributed by atoms with Crippen molar-refractivity contribution >= 4 is 17.7 Å². The highest BCUT2D eigenvalue weighted by Crippen LogP contribution is 2.39. The molecule has 110 valence electrons. The van der Waals surface area contributed by atoms with Crippen molar-refractivity contribution < 1.29 is 18.7 Å². The van der Waals surface area contributed by atoms with E-state index < -0.39 is 23.1 Å². The van der Waals surface area contributed by atoms with Gasteiger partial charge < -0.3 is 10.4 Å². The molecule has 3 nitrogen and oxygen atoms in total. The number of benzene rings is 1. The molecule has 1 aliphatic rings. The summed E-state index contributed by atoms with van der Waals surface area (Å²) in [6.07, 6.45) is 2.51. The molecule has 1 fully saturated rings. The molecule has 6 heteroatoms. The molecule has 0 aliphatic heterocycles. The van der Waals surface area contributed by atoms with Crippen LogP contribution in [-0.4, -0.2) is 28.9 Å². The molecule has 0 aromatic heterocycles. The minimum absolute atomic E-state index is 0.0383. The van der Waals surface area contributed by atoms with E-state index in [0.29, 0.717) is 12.8 Å². The molecule has 1 aromatic carbocycles. The van der Waals surface area contributed by atoms with Crippen LogP contribution in [0.3, 0.4) is 0 Å². The van der Waals surface area contributed by atoms with Crippen LogP contribution in [0.25, 0.3) is 0 Å². The molecule has 0 radical (unpaired) electrons. The highest BCUT2D eigenvalue weighted by atomic mass is 32.2. The number of hydrogen-bond acceptors (Lipinski definition) is 3. The molecule has 0 heterocycles. The Labute approximate surface area is 120 Å². The van der Waals surface area contributed by atoms with Crippen molar-refractivity contribution in [1.82, 2.24) is 5.32 Å². The SMILES string of the molecule is CNC1(C(=O)O)CCCC(Sc2cc(F)ccc2F)C1. The Kier molecular flexibility index (Phi) is 4.65. The molecule has 20 heavy (non-hydrogen) atoms. The van der Waals surface area contributed by atoms with Gasteiger partial charge in [-0.1, -0.05) is 0 Å². The maximum absolute atomic E-state index is 13.6. The highest BCUT2D eigenvalue weighted by molar-refractivity contribution is 8.00. The molecule has 0 spiro atoms. The van der Waals surface area contributed by atoms with Gasteiger partial charge in [0.2, 0.25) is 0 Å². The Morgan fingerprint density at radius 1 is 1.50 bits per heavy atom. The average molecular weight is 301 g/mol. The average Bonchev–Trinajstić information content (AvgIpc) is 2.43. The number of halogens is 2. The molecular formula is C14H17F2NO2S. The summed E-state index contributed by atoms with van der Waals surface area (Å²) in [5, 5.41) is 12.2. The second kappa shape index (κ2) is 6.10. The van der Waals surface area contributed by atoms with E-state index in [1.807, 2.05) is 0 Å². The standard InChI is InChI=1S/C14H17F2NO2S/c1-17-14(13(18)19)6-2-3-10(8-14)20-12-7-9(15)4-5-11(12)16/h4-5,7,10,17H,2-3,6,8H2,1H3,(H,18,19). The zero-order valence-electron chi connectivity index (χ0n) is 11.2. The van der Waals surface area contributed by atoms with Crippen LogP contribution in [0.1, 0.15) is 25.7 Å². The van der Waals surface area contributed by atoms with Crippen LogP contribution in [-0.2, 0) is 4.79 Å². The van der Waals surface area contributed by atoms with E-state index in [-0.39, 0.29) is 10.1 Å². The van der Waals surface area contributed by atoms with Crippen molar-refractivity contribution in [2.24, 2.45) is 0 Å². The number of aliphatic carboxylic acids is 1. The number of nitrogens with one attached hydrogen (secondary N) is 1. The Morgan fingerprint density at radius 2 is 2.25 bits per heavy atom. The predicted octanol–water partition coefficient (Wildman–Crippen LogP) is 3.04. The third-order valence-electron chi connectivity index (χ3n) is 3.78. The van der Waals surface area contributed by atoms with Gasteiger partial charge in [0.15, 0.2) is 0 Å². The summed E-state index contributed by atoms with van der Waals surface area (Å²) in [5.41, 5.74) is -0.959. The molecular weight excluding hydrogens is 284 g/mol. The highest BCUT2D eigenvalue weighted by Gasteiger charge is 2.42. The first kappa shape index (κ1) is 15.3. The lowest BCUT2D eigenvalue weighted by atomic mass is 9.81. The van der Waals surface area contributed by atoms with Crippen LogP contribution in [0.5, 0.6) is 0 Å². The van der Waals surface area contributed by atoms with Crippen LogP contribution >= 0.6 is 11.8 Å². The van der Waals surface area contributed by atoms with Crippen molar-refractivity contribution in [2.75, 3.05) is 7.05 Å². The smallest absolute Gasteiger partial charge is 0.323 e. The van der Waals surface area contributed by atoms with Gasteiger partial charge in [0.05, 0.1) is 0 Å². The van der Waals surface area contributed by atoms with Crippen LogP contribution in [0, 0.1) is 11.6 Å². The molecule has 0 saturated heterocycles. The lowest BCUT2D eigenvalue weighted by Gasteiger charge is -2.37. The normalized spacial score (nSPS) is 26.4. The monoisotopic (exact) mass is 301 g/mol. The summed E-state index contributed by atoms with van der Waals surface area (Å²) in [5.74, 6) is -1.83. The largest absolute Gasteiger partial charge is 0.480 e. The zero-order chi connectivity index (χ0) is 14.8. The summed E-state index contributed by atoms with van der Waals surface area (Å²) < 4.78 is 26.8. The van der Waals surface area contributed by atoms with Gasteiger partial charge >= 0.3 is 5.97 Å².